The number of carboxylic acid groups (broad SMARTS) is 1. The van der Waals surface area contributed by atoms with Gasteiger partial charge in [-0.3, -0.25) is 9.59 Å². The van der Waals surface area contributed by atoms with E-state index >= 15 is 0 Å². The van der Waals surface area contributed by atoms with E-state index in [2.05, 4.69) is 0 Å². The van der Waals surface area contributed by atoms with Gasteiger partial charge in [0.05, 0.1) is 11.1 Å². The molecule has 2 aromatic rings. The molecule has 7 nitrogen and oxygen atoms in total. The third-order valence-corrected chi connectivity index (χ3v) is 4.91. The molecule has 0 amide bonds. The maximum atomic E-state index is 13.0. The molecule has 0 unspecified atom stereocenters. The number of carbonyl (C=O) groups excluding carboxylic acids is 2. The van der Waals surface area contributed by atoms with Gasteiger partial charge < -0.3 is 20.1 Å². The van der Waals surface area contributed by atoms with Crippen molar-refractivity contribution >= 4 is 17.5 Å². The van der Waals surface area contributed by atoms with E-state index in [0.29, 0.717) is 5.56 Å². The topological polar surface area (TPSA) is 121 Å². The standard InChI is InChI=1S/C19H14O7/c1-19(17(23)18(24)25)7-8-5-6-10-13(16(8)26-19)15(22)9-3-2-4-11(20)12(9)14(10)21/h2-6,17,20,23H,7H2,1H3,(H,24,25)/t17-,19+/m1/s1. The first-order chi connectivity index (χ1) is 12.2. The predicted molar refractivity (Wildman–Crippen MR) is 87.8 cm³/mol. The Morgan fingerprint density at radius 1 is 1.12 bits per heavy atom. The fourth-order valence-electron chi connectivity index (χ4n) is 3.59. The van der Waals surface area contributed by atoms with E-state index in [1.165, 1.54) is 31.2 Å². The van der Waals surface area contributed by atoms with Crippen LogP contribution in [-0.4, -0.2) is 44.6 Å². The molecule has 7 heteroatoms. The molecule has 1 aliphatic carbocycles. The van der Waals surface area contributed by atoms with Gasteiger partial charge in [0.25, 0.3) is 0 Å². The Kier molecular flexibility index (Phi) is 3.23. The molecule has 2 aliphatic rings. The fourth-order valence-corrected chi connectivity index (χ4v) is 3.59. The van der Waals surface area contributed by atoms with Gasteiger partial charge in [0.2, 0.25) is 0 Å². The van der Waals surface area contributed by atoms with Crippen molar-refractivity contribution in [3.8, 4) is 11.5 Å². The molecule has 1 aliphatic heterocycles. The Morgan fingerprint density at radius 3 is 2.46 bits per heavy atom. The summed E-state index contributed by atoms with van der Waals surface area (Å²) in [4.78, 5) is 36.9. The number of benzene rings is 2. The van der Waals surface area contributed by atoms with Crippen LogP contribution in [0.1, 0.15) is 44.3 Å². The summed E-state index contributed by atoms with van der Waals surface area (Å²) in [6, 6.07) is 7.28. The lowest BCUT2D eigenvalue weighted by Crippen LogP contribution is -2.48. The number of fused-ring (bicyclic) bond motifs is 4. The number of aliphatic hydroxyl groups is 1. The highest BCUT2D eigenvalue weighted by Crippen LogP contribution is 2.44. The SMILES string of the molecule is C[C@@]1([C@H](O)C(=O)O)Cc2ccc3c(c2O1)C(=O)c1cccc(O)c1C3=O. The minimum Gasteiger partial charge on any atom is -0.507 e. The molecule has 0 radical (unpaired) electrons. The van der Waals surface area contributed by atoms with Crippen molar-refractivity contribution in [1.29, 1.82) is 0 Å². The molecule has 0 fully saturated rings. The van der Waals surface area contributed by atoms with Crippen molar-refractivity contribution in [2.24, 2.45) is 0 Å². The number of carbonyl (C=O) groups is 3. The molecule has 2 atom stereocenters. The molecular formula is C19H14O7. The van der Waals surface area contributed by atoms with Crippen molar-refractivity contribution in [1.82, 2.24) is 0 Å². The third kappa shape index (κ3) is 2.01. The summed E-state index contributed by atoms with van der Waals surface area (Å²) in [7, 11) is 0. The normalized spacial score (nSPS) is 21.5. The van der Waals surface area contributed by atoms with Crippen LogP contribution in [-0.2, 0) is 11.2 Å². The lowest BCUT2D eigenvalue weighted by molar-refractivity contribution is -0.157. The summed E-state index contributed by atoms with van der Waals surface area (Å²) < 4.78 is 5.71. The monoisotopic (exact) mass is 354 g/mol. The van der Waals surface area contributed by atoms with Crippen LogP contribution in [0.15, 0.2) is 30.3 Å². The Balaban J connectivity index is 1.89. The summed E-state index contributed by atoms with van der Waals surface area (Å²) >= 11 is 0. The number of ketones is 2. The summed E-state index contributed by atoms with van der Waals surface area (Å²) in [5, 5.41) is 29.0. The minimum absolute atomic E-state index is 0.0342. The summed E-state index contributed by atoms with van der Waals surface area (Å²) in [5.74, 6) is -2.61. The van der Waals surface area contributed by atoms with Crippen molar-refractivity contribution in [2.45, 2.75) is 25.0 Å². The van der Waals surface area contributed by atoms with E-state index in [-0.39, 0.29) is 40.2 Å². The first kappa shape index (κ1) is 16.3. The summed E-state index contributed by atoms with van der Waals surface area (Å²) in [6.07, 6.45) is -1.71. The Morgan fingerprint density at radius 2 is 1.77 bits per heavy atom. The number of rotatable bonds is 2. The van der Waals surface area contributed by atoms with Crippen molar-refractivity contribution in [3.05, 3.63) is 58.1 Å². The lowest BCUT2D eigenvalue weighted by Gasteiger charge is -2.27. The molecule has 0 aromatic heterocycles. The maximum absolute atomic E-state index is 13.0. The van der Waals surface area contributed by atoms with Crippen LogP contribution in [0.5, 0.6) is 11.5 Å². The van der Waals surface area contributed by atoms with E-state index in [1.54, 1.807) is 6.07 Å². The number of aromatic hydroxyl groups is 1. The molecule has 0 saturated heterocycles. The molecule has 0 spiro atoms. The van der Waals surface area contributed by atoms with Gasteiger partial charge in [0, 0.05) is 17.5 Å². The zero-order valence-corrected chi connectivity index (χ0v) is 13.6. The number of hydrogen-bond acceptors (Lipinski definition) is 6. The number of ether oxygens (including phenoxy) is 1. The van der Waals surface area contributed by atoms with Crippen molar-refractivity contribution < 1.29 is 34.4 Å². The van der Waals surface area contributed by atoms with Gasteiger partial charge in [0.15, 0.2) is 17.7 Å². The van der Waals surface area contributed by atoms with Gasteiger partial charge in [-0.05, 0) is 24.6 Å². The van der Waals surface area contributed by atoms with Gasteiger partial charge in [-0.2, -0.15) is 0 Å². The largest absolute Gasteiger partial charge is 0.507 e. The van der Waals surface area contributed by atoms with E-state index < -0.39 is 29.2 Å². The van der Waals surface area contributed by atoms with Crippen LogP contribution < -0.4 is 4.74 Å². The molecule has 1 heterocycles. The van der Waals surface area contributed by atoms with Gasteiger partial charge in [-0.1, -0.05) is 18.2 Å². The number of phenols is 1. The molecule has 0 saturated carbocycles. The minimum atomic E-state index is -1.80. The fraction of sp³-hybridized carbons (Fsp3) is 0.211. The number of aliphatic carboxylic acids is 1. The Hall–Kier alpha value is -3.19. The Bertz CT molecular complexity index is 1010. The van der Waals surface area contributed by atoms with Gasteiger partial charge in [-0.25, -0.2) is 4.79 Å². The Labute approximate surface area is 147 Å². The second kappa shape index (κ2) is 5.15. The van der Waals surface area contributed by atoms with Crippen LogP contribution in [0.2, 0.25) is 0 Å². The van der Waals surface area contributed by atoms with Crippen molar-refractivity contribution in [2.75, 3.05) is 0 Å². The number of carboxylic acids is 1. The molecule has 3 N–H and O–H groups in total. The van der Waals surface area contributed by atoms with Gasteiger partial charge in [-0.15, -0.1) is 0 Å². The average molecular weight is 354 g/mol. The van der Waals surface area contributed by atoms with E-state index in [0.717, 1.165) is 0 Å². The quantitative estimate of drug-likeness (QED) is 0.634. The average Bonchev–Trinajstić information content (AvgIpc) is 2.95. The number of hydrogen-bond donors (Lipinski definition) is 3. The number of aliphatic hydroxyl groups excluding tert-OH is 1. The molecular weight excluding hydrogens is 340 g/mol. The van der Waals surface area contributed by atoms with Crippen LogP contribution in [0.3, 0.4) is 0 Å². The lowest BCUT2D eigenvalue weighted by atomic mass is 9.82. The summed E-state index contributed by atoms with van der Waals surface area (Å²) in [5.41, 5.74) is -0.797. The van der Waals surface area contributed by atoms with E-state index in [9.17, 15) is 24.6 Å². The smallest absolute Gasteiger partial charge is 0.336 e. The molecule has 0 bridgehead atoms. The van der Waals surface area contributed by atoms with Crippen LogP contribution in [0, 0.1) is 0 Å². The van der Waals surface area contributed by atoms with Gasteiger partial charge >= 0.3 is 5.97 Å². The second-order valence-corrected chi connectivity index (χ2v) is 6.67. The molecule has 2 aromatic carbocycles. The van der Waals surface area contributed by atoms with E-state index in [4.69, 9.17) is 9.84 Å². The van der Waals surface area contributed by atoms with Crippen LogP contribution in [0.25, 0.3) is 0 Å². The highest BCUT2D eigenvalue weighted by molar-refractivity contribution is 6.30. The first-order valence-electron chi connectivity index (χ1n) is 7.92. The zero-order chi connectivity index (χ0) is 18.8. The second-order valence-electron chi connectivity index (χ2n) is 6.67. The molecule has 4 rings (SSSR count). The number of phenolic OH excluding ortho intramolecular Hbond substituents is 1. The maximum Gasteiger partial charge on any atom is 0.336 e. The van der Waals surface area contributed by atoms with E-state index in [1.807, 2.05) is 0 Å². The van der Waals surface area contributed by atoms with Crippen LogP contribution >= 0.6 is 0 Å². The highest BCUT2D eigenvalue weighted by Gasteiger charge is 2.48. The molecule has 26 heavy (non-hydrogen) atoms. The van der Waals surface area contributed by atoms with Crippen molar-refractivity contribution in [3.63, 3.8) is 0 Å². The zero-order valence-electron chi connectivity index (χ0n) is 13.6. The van der Waals surface area contributed by atoms with Gasteiger partial charge in [0.1, 0.15) is 17.1 Å². The highest BCUT2D eigenvalue weighted by atomic mass is 16.5. The predicted octanol–water partition coefficient (Wildman–Crippen LogP) is 1.31. The summed E-state index contributed by atoms with van der Waals surface area (Å²) in [6.45, 7) is 1.44. The molecule has 132 valence electrons. The van der Waals surface area contributed by atoms with Crippen LogP contribution in [0.4, 0.5) is 0 Å². The first-order valence-corrected chi connectivity index (χ1v) is 7.92. The third-order valence-electron chi connectivity index (χ3n) is 4.91.